The second kappa shape index (κ2) is 5.33. The maximum Gasteiger partial charge on any atom is 0.214 e. The molecule has 0 aromatic rings. The average Bonchev–Trinajstić information content (AvgIpc) is 2.18. The van der Waals surface area contributed by atoms with Gasteiger partial charge in [-0.25, -0.2) is 12.7 Å². The fourth-order valence-electron chi connectivity index (χ4n) is 1.79. The molecule has 0 bridgehead atoms. The van der Waals surface area contributed by atoms with Crippen molar-refractivity contribution in [2.45, 2.75) is 26.2 Å². The second-order valence-corrected chi connectivity index (χ2v) is 6.23. The zero-order chi connectivity index (χ0) is 10.6. The summed E-state index contributed by atoms with van der Waals surface area (Å²) in [5, 5.41) is 0. The zero-order valence-corrected chi connectivity index (χ0v) is 10.1. The molecule has 1 fully saturated rings. The van der Waals surface area contributed by atoms with Crippen molar-refractivity contribution in [3.8, 4) is 0 Å². The fourth-order valence-corrected chi connectivity index (χ4v) is 3.66. The molecule has 0 aromatic carbocycles. The molecule has 5 heteroatoms. The van der Waals surface area contributed by atoms with Gasteiger partial charge >= 0.3 is 0 Å². The molecule has 1 heterocycles. The van der Waals surface area contributed by atoms with Gasteiger partial charge in [-0.05, 0) is 25.2 Å². The zero-order valence-electron chi connectivity index (χ0n) is 8.58. The van der Waals surface area contributed by atoms with E-state index < -0.39 is 10.0 Å². The highest BCUT2D eigenvalue weighted by Gasteiger charge is 2.27. The number of sulfonamides is 1. The van der Waals surface area contributed by atoms with Crippen LogP contribution in [0.25, 0.3) is 0 Å². The molecule has 0 spiro atoms. The molecule has 0 radical (unpaired) electrons. The summed E-state index contributed by atoms with van der Waals surface area (Å²) in [4.78, 5) is 0. The Hall–Kier alpha value is 0.200. The Morgan fingerprint density at radius 1 is 1.50 bits per heavy atom. The van der Waals surface area contributed by atoms with Crippen LogP contribution < -0.4 is 0 Å². The minimum absolute atomic E-state index is 0.266. The number of hydrogen-bond acceptors (Lipinski definition) is 2. The van der Waals surface area contributed by atoms with Crippen molar-refractivity contribution in [3.63, 3.8) is 0 Å². The normalized spacial score (nSPS) is 25.1. The van der Waals surface area contributed by atoms with Gasteiger partial charge in [0.15, 0.2) is 0 Å². The van der Waals surface area contributed by atoms with Gasteiger partial charge in [-0.3, -0.25) is 0 Å². The summed E-state index contributed by atoms with van der Waals surface area (Å²) >= 11 is 5.75. The fraction of sp³-hybridized carbons (Fsp3) is 1.00. The van der Waals surface area contributed by atoms with E-state index >= 15 is 0 Å². The van der Waals surface area contributed by atoms with Crippen molar-refractivity contribution in [1.29, 1.82) is 0 Å². The van der Waals surface area contributed by atoms with E-state index in [9.17, 15) is 8.42 Å². The van der Waals surface area contributed by atoms with Crippen LogP contribution in [0.4, 0.5) is 0 Å². The molecule has 0 N–H and O–H groups in total. The molecule has 1 rings (SSSR count). The van der Waals surface area contributed by atoms with E-state index in [1.54, 1.807) is 4.31 Å². The number of hydrogen-bond donors (Lipinski definition) is 0. The highest BCUT2D eigenvalue weighted by atomic mass is 35.5. The third-order valence-corrected chi connectivity index (χ3v) is 5.03. The molecule has 0 aromatic heterocycles. The molecule has 3 nitrogen and oxygen atoms in total. The van der Waals surface area contributed by atoms with E-state index in [1.807, 2.05) is 6.92 Å². The number of alkyl halides is 1. The Bertz CT molecular complexity index is 266. The van der Waals surface area contributed by atoms with Crippen molar-refractivity contribution in [2.75, 3.05) is 24.7 Å². The monoisotopic (exact) mass is 239 g/mol. The van der Waals surface area contributed by atoms with Crippen molar-refractivity contribution in [2.24, 2.45) is 5.92 Å². The summed E-state index contributed by atoms with van der Waals surface area (Å²) in [7, 11) is -3.00. The van der Waals surface area contributed by atoms with Crippen molar-refractivity contribution >= 4 is 21.6 Å². The number of piperidine rings is 1. The van der Waals surface area contributed by atoms with E-state index in [0.717, 1.165) is 12.8 Å². The second-order valence-electron chi connectivity index (χ2n) is 3.84. The van der Waals surface area contributed by atoms with Crippen LogP contribution in [0, 0.1) is 5.92 Å². The van der Waals surface area contributed by atoms with E-state index in [4.69, 9.17) is 11.6 Å². The quantitative estimate of drug-likeness (QED) is 0.700. The van der Waals surface area contributed by atoms with Crippen LogP contribution in [-0.4, -0.2) is 37.4 Å². The van der Waals surface area contributed by atoms with Crippen LogP contribution in [0.2, 0.25) is 0 Å². The topological polar surface area (TPSA) is 37.4 Å². The van der Waals surface area contributed by atoms with Crippen LogP contribution in [0.1, 0.15) is 26.2 Å². The molecule has 1 saturated heterocycles. The molecule has 1 unspecified atom stereocenters. The Labute approximate surface area is 91.5 Å². The first-order chi connectivity index (χ1) is 6.60. The predicted molar refractivity (Wildman–Crippen MR) is 59.1 cm³/mol. The third-order valence-electron chi connectivity index (χ3n) is 2.56. The first kappa shape index (κ1) is 12.3. The van der Waals surface area contributed by atoms with E-state index in [-0.39, 0.29) is 5.75 Å². The first-order valence-corrected chi connectivity index (χ1v) is 7.28. The third kappa shape index (κ3) is 3.11. The molecule has 0 amide bonds. The van der Waals surface area contributed by atoms with Crippen LogP contribution in [-0.2, 0) is 10.0 Å². The van der Waals surface area contributed by atoms with Gasteiger partial charge in [-0.2, -0.15) is 0 Å². The van der Waals surface area contributed by atoms with Gasteiger partial charge in [-0.1, -0.05) is 6.92 Å². The lowest BCUT2D eigenvalue weighted by Crippen LogP contribution is -2.41. The van der Waals surface area contributed by atoms with Crippen molar-refractivity contribution in [3.05, 3.63) is 0 Å². The van der Waals surface area contributed by atoms with Crippen LogP contribution in [0.5, 0.6) is 0 Å². The predicted octanol–water partition coefficient (Wildman–Crippen LogP) is 1.68. The molecular weight excluding hydrogens is 222 g/mol. The summed E-state index contributed by atoms with van der Waals surface area (Å²) in [6.07, 6.45) is 2.69. The maximum atomic E-state index is 11.7. The van der Waals surface area contributed by atoms with Gasteiger partial charge in [0.05, 0.1) is 5.75 Å². The van der Waals surface area contributed by atoms with Crippen LogP contribution in [0.3, 0.4) is 0 Å². The van der Waals surface area contributed by atoms with Gasteiger partial charge in [0.1, 0.15) is 0 Å². The van der Waals surface area contributed by atoms with Crippen LogP contribution >= 0.6 is 11.6 Å². The largest absolute Gasteiger partial charge is 0.214 e. The van der Waals surface area contributed by atoms with E-state index in [1.165, 1.54) is 0 Å². The molecule has 14 heavy (non-hydrogen) atoms. The minimum Gasteiger partial charge on any atom is -0.212 e. The Balaban J connectivity index is 2.59. The summed E-state index contributed by atoms with van der Waals surface area (Å²) < 4.78 is 25.1. The summed E-state index contributed by atoms with van der Waals surface area (Å²) in [6.45, 7) is 3.18. The molecule has 0 saturated carbocycles. The van der Waals surface area contributed by atoms with Gasteiger partial charge in [0.25, 0.3) is 0 Å². The highest BCUT2D eigenvalue weighted by Crippen LogP contribution is 2.20. The smallest absolute Gasteiger partial charge is 0.212 e. The number of rotatable bonds is 4. The maximum absolute atomic E-state index is 11.7. The Morgan fingerprint density at radius 2 is 2.21 bits per heavy atom. The lowest BCUT2D eigenvalue weighted by atomic mass is 10.0. The number of nitrogens with zero attached hydrogens (tertiary/aromatic N) is 1. The minimum atomic E-state index is -3.00. The molecule has 1 aliphatic heterocycles. The SMILES string of the molecule is CCCS(=O)(=O)N1CCCC(CCl)C1. The van der Waals surface area contributed by atoms with Crippen molar-refractivity contribution in [1.82, 2.24) is 4.31 Å². The van der Waals surface area contributed by atoms with Gasteiger partial charge in [0, 0.05) is 19.0 Å². The average molecular weight is 240 g/mol. The molecule has 84 valence electrons. The molecule has 1 atom stereocenters. The van der Waals surface area contributed by atoms with E-state index in [0.29, 0.717) is 31.3 Å². The first-order valence-electron chi connectivity index (χ1n) is 5.14. The number of halogens is 1. The summed E-state index contributed by atoms with van der Waals surface area (Å²) in [5.41, 5.74) is 0. The Kier molecular flexibility index (Phi) is 4.67. The van der Waals surface area contributed by atoms with Gasteiger partial charge < -0.3 is 0 Å². The van der Waals surface area contributed by atoms with E-state index in [2.05, 4.69) is 0 Å². The lowest BCUT2D eigenvalue weighted by Gasteiger charge is -2.30. The van der Waals surface area contributed by atoms with Gasteiger partial charge in [0.2, 0.25) is 10.0 Å². The van der Waals surface area contributed by atoms with Crippen LogP contribution in [0.15, 0.2) is 0 Å². The summed E-state index contributed by atoms with van der Waals surface area (Å²) in [5.74, 6) is 1.18. The van der Waals surface area contributed by atoms with Crippen molar-refractivity contribution < 1.29 is 8.42 Å². The van der Waals surface area contributed by atoms with Gasteiger partial charge in [-0.15, -0.1) is 11.6 Å². The Morgan fingerprint density at radius 3 is 2.79 bits per heavy atom. The standard InChI is InChI=1S/C9H18ClNO2S/c1-2-6-14(12,13)11-5-3-4-9(7-10)8-11/h9H,2-8H2,1H3. The lowest BCUT2D eigenvalue weighted by molar-refractivity contribution is 0.283. The summed E-state index contributed by atoms with van der Waals surface area (Å²) in [6, 6.07) is 0. The molecule has 1 aliphatic rings. The molecular formula is C9H18ClNO2S. The highest BCUT2D eigenvalue weighted by molar-refractivity contribution is 7.89. The molecule has 0 aliphatic carbocycles.